The molecule has 0 bridgehead atoms. The van der Waals surface area contributed by atoms with E-state index in [9.17, 15) is 24.5 Å². The van der Waals surface area contributed by atoms with Crippen LogP contribution >= 0.6 is 0 Å². The maximum absolute atomic E-state index is 11.5. The summed E-state index contributed by atoms with van der Waals surface area (Å²) in [5.74, 6) is -1.30. The second-order valence-electron chi connectivity index (χ2n) is 3.50. The molecule has 0 aliphatic carbocycles. The molecule has 102 valence electrons. The fraction of sp³-hybridized carbons (Fsp3) is 0.400. The number of Topliss-reactive ketones (excluding diaryl/α,β-unsaturated/α-hetero) is 1. The van der Waals surface area contributed by atoms with Crippen molar-refractivity contribution in [2.45, 2.75) is 19.9 Å². The molecule has 9 heteroatoms. The fourth-order valence-electron chi connectivity index (χ4n) is 1.27. The molecule has 0 unspecified atom stereocenters. The lowest BCUT2D eigenvalue weighted by Gasteiger charge is -2.03. The van der Waals surface area contributed by atoms with Gasteiger partial charge in [0.05, 0.1) is 24.3 Å². The highest BCUT2D eigenvalue weighted by atomic mass is 16.6. The van der Waals surface area contributed by atoms with Crippen LogP contribution in [-0.4, -0.2) is 32.8 Å². The lowest BCUT2D eigenvalue weighted by atomic mass is 10.3. The number of hydrogen-bond donors (Lipinski definition) is 0. The van der Waals surface area contributed by atoms with Crippen LogP contribution in [0.1, 0.15) is 13.3 Å². The van der Waals surface area contributed by atoms with Crippen LogP contribution in [0.2, 0.25) is 0 Å². The second-order valence-corrected chi connectivity index (χ2v) is 3.50. The molecule has 0 spiro atoms. The Labute approximate surface area is 107 Å². The van der Waals surface area contributed by atoms with Gasteiger partial charge in [-0.25, -0.2) is 4.79 Å². The summed E-state index contributed by atoms with van der Waals surface area (Å²) in [5.41, 5.74) is -1.22. The smallest absolute Gasteiger partial charge is 0.348 e. The highest BCUT2D eigenvalue weighted by Gasteiger charge is 2.14. The Morgan fingerprint density at radius 2 is 2.21 bits per heavy atom. The summed E-state index contributed by atoms with van der Waals surface area (Å²) in [6, 6.07) is 0. The molecule has 1 rings (SSSR count). The molecule has 1 aromatic heterocycles. The zero-order valence-electron chi connectivity index (χ0n) is 10.1. The van der Waals surface area contributed by atoms with E-state index in [2.05, 4.69) is 9.72 Å². The summed E-state index contributed by atoms with van der Waals surface area (Å²) < 4.78 is 5.35. The molecule has 0 aliphatic rings. The van der Waals surface area contributed by atoms with Crippen LogP contribution in [0.3, 0.4) is 0 Å². The van der Waals surface area contributed by atoms with Crippen LogP contribution in [-0.2, 0) is 20.9 Å². The van der Waals surface area contributed by atoms with Gasteiger partial charge in [0.2, 0.25) is 0 Å². The van der Waals surface area contributed by atoms with Crippen LogP contribution in [0.4, 0.5) is 5.69 Å². The van der Waals surface area contributed by atoms with Crippen LogP contribution in [0.5, 0.6) is 0 Å². The Kier molecular flexibility index (Phi) is 4.86. The first kappa shape index (κ1) is 14.5. The fourth-order valence-corrected chi connectivity index (χ4v) is 1.27. The van der Waals surface area contributed by atoms with Gasteiger partial charge >= 0.3 is 17.3 Å². The Bertz CT molecular complexity index is 565. The normalized spacial score (nSPS) is 9.95. The van der Waals surface area contributed by atoms with Crippen molar-refractivity contribution in [1.82, 2.24) is 9.55 Å². The monoisotopic (exact) mass is 269 g/mol. The molecule has 0 N–H and O–H groups in total. The number of nitro groups is 1. The van der Waals surface area contributed by atoms with E-state index in [1.165, 1.54) is 0 Å². The third-order valence-electron chi connectivity index (χ3n) is 2.05. The SMILES string of the molecule is CCOC(=O)CC(=O)Cn1cc([N+](=O)[O-])cnc1=O. The summed E-state index contributed by atoms with van der Waals surface area (Å²) in [6.07, 6.45) is 1.20. The Morgan fingerprint density at radius 3 is 2.79 bits per heavy atom. The number of esters is 1. The third kappa shape index (κ3) is 4.30. The molecule has 0 saturated carbocycles. The van der Waals surface area contributed by atoms with Crippen molar-refractivity contribution in [3.63, 3.8) is 0 Å². The van der Waals surface area contributed by atoms with Gasteiger partial charge in [-0.1, -0.05) is 0 Å². The number of rotatable bonds is 6. The minimum absolute atomic E-state index is 0.143. The van der Waals surface area contributed by atoms with Crippen molar-refractivity contribution in [3.05, 3.63) is 33.0 Å². The second kappa shape index (κ2) is 6.38. The first-order valence-corrected chi connectivity index (χ1v) is 5.32. The molecular formula is C10H11N3O6. The van der Waals surface area contributed by atoms with E-state index >= 15 is 0 Å². The minimum Gasteiger partial charge on any atom is -0.466 e. The van der Waals surface area contributed by atoms with Gasteiger partial charge < -0.3 is 4.74 Å². The van der Waals surface area contributed by atoms with E-state index < -0.39 is 41.0 Å². The molecule has 0 aromatic carbocycles. The topological polar surface area (TPSA) is 121 Å². The Hall–Kier alpha value is -2.58. The van der Waals surface area contributed by atoms with Gasteiger partial charge in [0.1, 0.15) is 12.6 Å². The molecule has 0 atom stereocenters. The van der Waals surface area contributed by atoms with E-state index in [0.29, 0.717) is 0 Å². The summed E-state index contributed by atoms with van der Waals surface area (Å²) in [4.78, 5) is 46.9. The highest BCUT2D eigenvalue weighted by molar-refractivity contribution is 5.95. The van der Waals surface area contributed by atoms with E-state index in [4.69, 9.17) is 0 Å². The molecule has 1 heterocycles. The van der Waals surface area contributed by atoms with E-state index in [-0.39, 0.29) is 6.61 Å². The molecular weight excluding hydrogens is 258 g/mol. The van der Waals surface area contributed by atoms with Crippen LogP contribution in [0.15, 0.2) is 17.2 Å². The standard InChI is InChI=1S/C10H11N3O6/c1-2-19-9(15)3-8(14)6-12-5-7(13(17)18)4-11-10(12)16/h4-5H,2-3,6H2,1H3. The number of ketones is 1. The molecule has 0 amide bonds. The van der Waals surface area contributed by atoms with Gasteiger partial charge in [-0.3, -0.25) is 24.3 Å². The molecule has 19 heavy (non-hydrogen) atoms. The predicted octanol–water partition coefficient (Wildman–Crippen LogP) is -0.326. The molecule has 0 fully saturated rings. The first-order valence-electron chi connectivity index (χ1n) is 5.32. The average Bonchev–Trinajstić information content (AvgIpc) is 2.31. The van der Waals surface area contributed by atoms with Crippen molar-refractivity contribution in [2.75, 3.05) is 6.61 Å². The first-order chi connectivity index (χ1) is 8.93. The Balaban J connectivity index is 2.79. The maximum atomic E-state index is 11.5. The summed E-state index contributed by atoms with van der Waals surface area (Å²) in [5, 5.41) is 10.5. The van der Waals surface area contributed by atoms with Crippen molar-refractivity contribution < 1.29 is 19.2 Å². The number of ether oxygens (including phenoxy) is 1. The molecule has 1 aromatic rings. The van der Waals surface area contributed by atoms with Crippen LogP contribution in [0.25, 0.3) is 0 Å². The molecule has 0 radical (unpaired) electrons. The van der Waals surface area contributed by atoms with Gasteiger partial charge in [-0.05, 0) is 6.92 Å². The summed E-state index contributed by atoms with van der Waals surface area (Å²) >= 11 is 0. The zero-order chi connectivity index (χ0) is 14.4. The van der Waals surface area contributed by atoms with Crippen molar-refractivity contribution >= 4 is 17.4 Å². The molecule has 0 aliphatic heterocycles. The average molecular weight is 269 g/mol. The van der Waals surface area contributed by atoms with E-state index in [1.807, 2.05) is 0 Å². The highest BCUT2D eigenvalue weighted by Crippen LogP contribution is 2.04. The zero-order valence-corrected chi connectivity index (χ0v) is 10.1. The van der Waals surface area contributed by atoms with Crippen LogP contribution < -0.4 is 5.69 Å². The van der Waals surface area contributed by atoms with Crippen molar-refractivity contribution in [3.8, 4) is 0 Å². The minimum atomic E-state index is -0.803. The predicted molar refractivity (Wildman–Crippen MR) is 61.4 cm³/mol. The number of carbonyl (C=O) groups excluding carboxylic acids is 2. The van der Waals surface area contributed by atoms with E-state index in [1.54, 1.807) is 6.92 Å². The van der Waals surface area contributed by atoms with Gasteiger partial charge in [-0.2, -0.15) is 4.98 Å². The van der Waals surface area contributed by atoms with Crippen molar-refractivity contribution in [1.29, 1.82) is 0 Å². The largest absolute Gasteiger partial charge is 0.466 e. The van der Waals surface area contributed by atoms with Gasteiger partial charge in [0.15, 0.2) is 5.78 Å². The summed E-state index contributed by atoms with van der Waals surface area (Å²) in [7, 11) is 0. The third-order valence-corrected chi connectivity index (χ3v) is 2.05. The van der Waals surface area contributed by atoms with Crippen LogP contribution in [0, 0.1) is 10.1 Å². The Morgan fingerprint density at radius 1 is 1.53 bits per heavy atom. The quantitative estimate of drug-likeness (QED) is 0.300. The maximum Gasteiger partial charge on any atom is 0.348 e. The van der Waals surface area contributed by atoms with E-state index in [0.717, 1.165) is 17.0 Å². The molecule has 0 saturated heterocycles. The van der Waals surface area contributed by atoms with Gasteiger partial charge in [-0.15, -0.1) is 0 Å². The number of hydrogen-bond acceptors (Lipinski definition) is 7. The number of nitrogens with zero attached hydrogens (tertiary/aromatic N) is 3. The van der Waals surface area contributed by atoms with Gasteiger partial charge in [0.25, 0.3) is 0 Å². The lowest BCUT2D eigenvalue weighted by Crippen LogP contribution is -2.27. The van der Waals surface area contributed by atoms with Crippen molar-refractivity contribution in [2.24, 2.45) is 0 Å². The summed E-state index contributed by atoms with van der Waals surface area (Å²) in [6.45, 7) is 1.27. The number of carbonyl (C=O) groups is 2. The number of aromatic nitrogens is 2. The lowest BCUT2D eigenvalue weighted by molar-refractivity contribution is -0.385. The molecule has 9 nitrogen and oxygen atoms in total. The van der Waals surface area contributed by atoms with Gasteiger partial charge in [0, 0.05) is 0 Å².